The Balaban J connectivity index is 1.85. The van der Waals surface area contributed by atoms with Crippen molar-refractivity contribution < 1.29 is 18.8 Å². The summed E-state index contributed by atoms with van der Waals surface area (Å²) in [7, 11) is 1.55. The summed E-state index contributed by atoms with van der Waals surface area (Å²) >= 11 is 0. The number of hydrogen-bond acceptors (Lipinski definition) is 5. The van der Waals surface area contributed by atoms with E-state index in [0.29, 0.717) is 35.9 Å². The molecule has 1 aromatic heterocycles. The third-order valence-corrected chi connectivity index (χ3v) is 3.66. The lowest BCUT2D eigenvalue weighted by Gasteiger charge is -2.20. The van der Waals surface area contributed by atoms with Gasteiger partial charge in [-0.2, -0.15) is 0 Å². The van der Waals surface area contributed by atoms with Crippen LogP contribution in [-0.4, -0.2) is 30.6 Å². The van der Waals surface area contributed by atoms with Gasteiger partial charge in [0.2, 0.25) is 5.91 Å². The van der Waals surface area contributed by atoms with Crippen molar-refractivity contribution in [3.8, 4) is 5.75 Å². The summed E-state index contributed by atoms with van der Waals surface area (Å²) in [4.78, 5) is 25.8. The van der Waals surface area contributed by atoms with Crippen molar-refractivity contribution in [1.29, 1.82) is 0 Å². The minimum atomic E-state index is -0.370. The number of aromatic nitrogens is 1. The number of benzene rings is 1. The van der Waals surface area contributed by atoms with Crippen molar-refractivity contribution in [2.75, 3.05) is 23.9 Å². The number of nitrogens with one attached hydrogen (secondary N) is 1. The number of rotatable bonds is 4. The summed E-state index contributed by atoms with van der Waals surface area (Å²) in [6.45, 7) is 2.36. The van der Waals surface area contributed by atoms with E-state index in [9.17, 15) is 9.59 Å². The molecule has 0 atom stereocenters. The second-order valence-corrected chi connectivity index (χ2v) is 5.31. The molecular formula is C16H17N3O4. The van der Waals surface area contributed by atoms with Gasteiger partial charge in [-0.15, -0.1) is 0 Å². The summed E-state index contributed by atoms with van der Waals surface area (Å²) in [5.74, 6) is 0.841. The highest BCUT2D eigenvalue weighted by molar-refractivity contribution is 6.04. The number of methoxy groups -OCH3 is 1. The maximum absolute atomic E-state index is 12.1. The highest BCUT2D eigenvalue weighted by atomic mass is 16.5. The van der Waals surface area contributed by atoms with Gasteiger partial charge >= 0.3 is 0 Å². The Morgan fingerprint density at radius 2 is 2.22 bits per heavy atom. The zero-order chi connectivity index (χ0) is 16.4. The minimum Gasteiger partial charge on any atom is -0.495 e. The molecule has 1 aliphatic rings. The number of amides is 2. The van der Waals surface area contributed by atoms with Gasteiger partial charge in [-0.25, -0.2) is 0 Å². The molecule has 2 amide bonds. The van der Waals surface area contributed by atoms with E-state index < -0.39 is 0 Å². The van der Waals surface area contributed by atoms with Gasteiger partial charge in [0.1, 0.15) is 11.5 Å². The van der Waals surface area contributed by atoms with E-state index in [1.807, 2.05) is 0 Å². The molecule has 0 bridgehead atoms. The van der Waals surface area contributed by atoms with E-state index in [2.05, 4.69) is 10.5 Å². The normalized spacial score (nSPS) is 14.2. The van der Waals surface area contributed by atoms with Gasteiger partial charge < -0.3 is 19.5 Å². The van der Waals surface area contributed by atoms with Gasteiger partial charge in [0.15, 0.2) is 5.69 Å². The highest BCUT2D eigenvalue weighted by Gasteiger charge is 2.25. The second kappa shape index (κ2) is 6.12. The van der Waals surface area contributed by atoms with E-state index >= 15 is 0 Å². The fourth-order valence-corrected chi connectivity index (χ4v) is 2.55. The molecule has 0 aliphatic carbocycles. The lowest BCUT2D eigenvalue weighted by molar-refractivity contribution is -0.117. The Morgan fingerprint density at radius 1 is 1.39 bits per heavy atom. The standard InChI is InChI=1S/C16H17N3O4/c1-10-8-12(18-23-10)16(21)17-11-5-6-14(22-2)13(9-11)19-7-3-4-15(19)20/h5-6,8-9H,3-4,7H2,1-2H3,(H,17,21). The lowest BCUT2D eigenvalue weighted by Crippen LogP contribution is -2.24. The monoisotopic (exact) mass is 315 g/mol. The van der Waals surface area contributed by atoms with Gasteiger partial charge in [0, 0.05) is 24.7 Å². The largest absolute Gasteiger partial charge is 0.495 e. The lowest BCUT2D eigenvalue weighted by atomic mass is 10.2. The van der Waals surface area contributed by atoms with Gasteiger partial charge in [-0.3, -0.25) is 9.59 Å². The van der Waals surface area contributed by atoms with Crippen LogP contribution in [0.4, 0.5) is 11.4 Å². The Hall–Kier alpha value is -2.83. The molecule has 2 aromatic rings. The van der Waals surface area contributed by atoms with E-state index in [-0.39, 0.29) is 17.5 Å². The van der Waals surface area contributed by atoms with E-state index in [0.717, 1.165) is 6.42 Å². The van der Waals surface area contributed by atoms with Crippen LogP contribution in [0.15, 0.2) is 28.8 Å². The Labute approximate surface area is 133 Å². The van der Waals surface area contributed by atoms with Crippen molar-refractivity contribution in [3.05, 3.63) is 35.7 Å². The third-order valence-electron chi connectivity index (χ3n) is 3.66. The number of carbonyl (C=O) groups excluding carboxylic acids is 2. The van der Waals surface area contributed by atoms with E-state index in [4.69, 9.17) is 9.26 Å². The van der Waals surface area contributed by atoms with Gasteiger partial charge in [0.25, 0.3) is 5.91 Å². The average molecular weight is 315 g/mol. The predicted molar refractivity (Wildman–Crippen MR) is 83.8 cm³/mol. The van der Waals surface area contributed by atoms with Crippen LogP contribution in [0.25, 0.3) is 0 Å². The zero-order valence-corrected chi connectivity index (χ0v) is 13.0. The molecule has 7 heteroatoms. The summed E-state index contributed by atoms with van der Waals surface area (Å²) in [6, 6.07) is 6.73. The Morgan fingerprint density at radius 3 is 2.83 bits per heavy atom. The first-order valence-corrected chi connectivity index (χ1v) is 7.31. The Kier molecular flexibility index (Phi) is 4.01. The van der Waals surface area contributed by atoms with Crippen LogP contribution >= 0.6 is 0 Å². The van der Waals surface area contributed by atoms with E-state index in [1.165, 1.54) is 0 Å². The number of anilines is 2. The first-order chi connectivity index (χ1) is 11.1. The summed E-state index contributed by atoms with van der Waals surface area (Å²) < 4.78 is 10.2. The second-order valence-electron chi connectivity index (χ2n) is 5.31. The average Bonchev–Trinajstić information content (AvgIpc) is 3.15. The van der Waals surface area contributed by atoms with Crippen molar-refractivity contribution in [1.82, 2.24) is 5.16 Å². The summed E-state index contributed by atoms with van der Waals surface area (Å²) in [5.41, 5.74) is 1.42. The SMILES string of the molecule is COc1ccc(NC(=O)c2cc(C)on2)cc1N1CCCC1=O. The number of hydrogen-bond donors (Lipinski definition) is 1. The number of aryl methyl sites for hydroxylation is 1. The number of ether oxygens (including phenoxy) is 1. The van der Waals surface area contributed by atoms with Crippen LogP contribution in [-0.2, 0) is 4.79 Å². The molecule has 0 unspecified atom stereocenters. The molecule has 1 aromatic carbocycles. The van der Waals surface area contributed by atoms with Crippen LogP contribution in [0.5, 0.6) is 5.75 Å². The smallest absolute Gasteiger partial charge is 0.277 e. The van der Waals surface area contributed by atoms with Gasteiger partial charge in [-0.1, -0.05) is 5.16 Å². The van der Waals surface area contributed by atoms with Crippen LogP contribution in [0.1, 0.15) is 29.1 Å². The molecule has 1 aliphatic heterocycles. The highest BCUT2D eigenvalue weighted by Crippen LogP contribution is 2.34. The zero-order valence-electron chi connectivity index (χ0n) is 13.0. The van der Waals surface area contributed by atoms with E-state index in [1.54, 1.807) is 43.2 Å². The molecule has 0 saturated carbocycles. The molecule has 2 heterocycles. The quantitative estimate of drug-likeness (QED) is 0.936. The third kappa shape index (κ3) is 3.03. The van der Waals surface area contributed by atoms with Gasteiger partial charge in [0.05, 0.1) is 12.8 Å². The molecule has 0 spiro atoms. The molecule has 120 valence electrons. The first-order valence-electron chi connectivity index (χ1n) is 7.31. The van der Waals surface area contributed by atoms with Crippen molar-refractivity contribution in [2.45, 2.75) is 19.8 Å². The van der Waals surface area contributed by atoms with Crippen molar-refractivity contribution >= 4 is 23.2 Å². The molecule has 1 N–H and O–H groups in total. The number of carbonyl (C=O) groups is 2. The topological polar surface area (TPSA) is 84.7 Å². The minimum absolute atomic E-state index is 0.0545. The summed E-state index contributed by atoms with van der Waals surface area (Å²) in [6.07, 6.45) is 1.34. The molecule has 23 heavy (non-hydrogen) atoms. The van der Waals surface area contributed by atoms with Crippen molar-refractivity contribution in [3.63, 3.8) is 0 Å². The van der Waals surface area contributed by atoms with Crippen LogP contribution < -0.4 is 15.0 Å². The van der Waals surface area contributed by atoms with Crippen molar-refractivity contribution in [2.24, 2.45) is 0 Å². The van der Waals surface area contributed by atoms with Crippen LogP contribution in [0, 0.1) is 6.92 Å². The Bertz CT molecular complexity index is 754. The fraction of sp³-hybridized carbons (Fsp3) is 0.312. The fourth-order valence-electron chi connectivity index (χ4n) is 2.55. The molecule has 3 rings (SSSR count). The van der Waals surface area contributed by atoms with Crippen LogP contribution in [0.2, 0.25) is 0 Å². The molecule has 1 saturated heterocycles. The molecule has 0 radical (unpaired) electrons. The maximum Gasteiger partial charge on any atom is 0.277 e. The maximum atomic E-state index is 12.1. The molecule has 1 fully saturated rings. The van der Waals surface area contributed by atoms with Gasteiger partial charge in [-0.05, 0) is 31.5 Å². The number of nitrogens with zero attached hydrogens (tertiary/aromatic N) is 2. The predicted octanol–water partition coefficient (Wildman–Crippen LogP) is 2.37. The first kappa shape index (κ1) is 15.1. The van der Waals surface area contributed by atoms with Crippen LogP contribution in [0.3, 0.4) is 0 Å². The molecule has 7 nitrogen and oxygen atoms in total. The summed E-state index contributed by atoms with van der Waals surface area (Å²) in [5, 5.41) is 6.43. The molecular weight excluding hydrogens is 298 g/mol.